The van der Waals surface area contributed by atoms with E-state index in [4.69, 9.17) is 21.6 Å². The smallest absolute Gasteiger partial charge is 0.254 e. The van der Waals surface area contributed by atoms with Crippen molar-refractivity contribution in [1.82, 2.24) is 5.32 Å². The number of rotatable bonds is 2. The van der Waals surface area contributed by atoms with E-state index in [1.54, 1.807) is 6.07 Å². The predicted molar refractivity (Wildman–Crippen MR) is 74.6 cm³/mol. The number of carbonyl (C=O) groups excluding carboxylic acids is 1. The average molecular weight is 320 g/mol. The second-order valence-corrected chi connectivity index (χ2v) is 4.38. The first-order chi connectivity index (χ1) is 9.11. The summed E-state index contributed by atoms with van der Waals surface area (Å²) in [5.74, 6) is -1.16. The standard InChI is InChI=1S/C12H11ClFN3O2.ClH/c13-8-4-10(9(14)3-7(8)5-15)17-12(18)11-6-16-1-2-19-11;/h3-4,11,16H,1-2,6H2,(H,17,18);1H/t11-;/m1./s1. The highest BCUT2D eigenvalue weighted by Gasteiger charge is 2.23. The Hall–Kier alpha value is -1.39. The molecular formula is C12H12Cl2FN3O2. The van der Waals surface area contributed by atoms with Gasteiger partial charge in [-0.15, -0.1) is 12.4 Å². The highest BCUT2D eigenvalue weighted by atomic mass is 35.5. The second-order valence-electron chi connectivity index (χ2n) is 3.98. The number of anilines is 1. The minimum Gasteiger partial charge on any atom is -0.366 e. The molecular weight excluding hydrogens is 308 g/mol. The number of hydrogen-bond acceptors (Lipinski definition) is 4. The third-order valence-corrected chi connectivity index (χ3v) is 2.97. The molecule has 20 heavy (non-hydrogen) atoms. The van der Waals surface area contributed by atoms with Crippen molar-refractivity contribution in [2.75, 3.05) is 25.0 Å². The summed E-state index contributed by atoms with van der Waals surface area (Å²) in [6.07, 6.45) is -0.664. The molecule has 0 saturated carbocycles. The number of amides is 1. The topological polar surface area (TPSA) is 74.2 Å². The molecule has 108 valence electrons. The van der Waals surface area contributed by atoms with Gasteiger partial charge < -0.3 is 15.4 Å². The van der Waals surface area contributed by atoms with Gasteiger partial charge in [-0.2, -0.15) is 5.26 Å². The number of nitriles is 1. The molecule has 0 bridgehead atoms. The Morgan fingerprint density at radius 2 is 2.35 bits per heavy atom. The van der Waals surface area contributed by atoms with Crippen molar-refractivity contribution < 1.29 is 13.9 Å². The minimum absolute atomic E-state index is 0. The van der Waals surface area contributed by atoms with Crippen LogP contribution in [0.5, 0.6) is 0 Å². The average Bonchev–Trinajstić information content (AvgIpc) is 2.43. The third kappa shape index (κ3) is 3.81. The van der Waals surface area contributed by atoms with Crippen molar-refractivity contribution in [1.29, 1.82) is 5.26 Å². The summed E-state index contributed by atoms with van der Waals surface area (Å²) in [6.45, 7) is 1.48. The molecule has 5 nitrogen and oxygen atoms in total. The van der Waals surface area contributed by atoms with Crippen molar-refractivity contribution in [2.45, 2.75) is 6.10 Å². The van der Waals surface area contributed by atoms with E-state index < -0.39 is 17.8 Å². The number of benzene rings is 1. The molecule has 0 unspecified atom stereocenters. The summed E-state index contributed by atoms with van der Waals surface area (Å²) in [7, 11) is 0. The van der Waals surface area contributed by atoms with Gasteiger partial charge in [-0.3, -0.25) is 4.79 Å². The fraction of sp³-hybridized carbons (Fsp3) is 0.333. The third-order valence-electron chi connectivity index (χ3n) is 2.66. The highest BCUT2D eigenvalue weighted by Crippen LogP contribution is 2.24. The summed E-state index contributed by atoms with van der Waals surface area (Å²) < 4.78 is 18.9. The van der Waals surface area contributed by atoms with Crippen LogP contribution < -0.4 is 10.6 Å². The van der Waals surface area contributed by atoms with E-state index in [9.17, 15) is 9.18 Å². The van der Waals surface area contributed by atoms with Crippen LogP contribution in [-0.2, 0) is 9.53 Å². The zero-order valence-corrected chi connectivity index (χ0v) is 11.9. The van der Waals surface area contributed by atoms with Gasteiger partial charge in [0.2, 0.25) is 0 Å². The van der Waals surface area contributed by atoms with Crippen LogP contribution in [-0.4, -0.2) is 31.7 Å². The minimum atomic E-state index is -0.710. The number of ether oxygens (including phenoxy) is 1. The maximum Gasteiger partial charge on any atom is 0.254 e. The molecule has 0 aliphatic carbocycles. The Balaban J connectivity index is 0.00000200. The lowest BCUT2D eigenvalue weighted by Crippen LogP contribution is -2.45. The molecule has 1 atom stereocenters. The van der Waals surface area contributed by atoms with E-state index >= 15 is 0 Å². The van der Waals surface area contributed by atoms with Crippen molar-refractivity contribution in [3.63, 3.8) is 0 Å². The molecule has 1 aromatic carbocycles. The number of carbonyl (C=O) groups is 1. The SMILES string of the molecule is Cl.N#Cc1cc(F)c(NC(=O)[C@H]2CNCCO2)cc1Cl. The molecule has 1 saturated heterocycles. The van der Waals surface area contributed by atoms with Crippen LogP contribution in [0.1, 0.15) is 5.56 Å². The summed E-state index contributed by atoms with van der Waals surface area (Å²) in [5, 5.41) is 14.2. The fourth-order valence-electron chi connectivity index (χ4n) is 1.68. The van der Waals surface area contributed by atoms with Gasteiger partial charge in [-0.05, 0) is 12.1 Å². The van der Waals surface area contributed by atoms with E-state index in [1.807, 2.05) is 0 Å². The fourth-order valence-corrected chi connectivity index (χ4v) is 1.88. The second kappa shape index (κ2) is 7.41. The summed E-state index contributed by atoms with van der Waals surface area (Å²) in [6, 6.07) is 3.96. The number of nitrogens with one attached hydrogen (secondary N) is 2. The molecule has 2 N–H and O–H groups in total. The number of hydrogen-bond donors (Lipinski definition) is 2. The molecule has 1 aliphatic rings. The van der Waals surface area contributed by atoms with Gasteiger partial charge in [0.05, 0.1) is 22.9 Å². The van der Waals surface area contributed by atoms with Gasteiger partial charge >= 0.3 is 0 Å². The zero-order valence-electron chi connectivity index (χ0n) is 10.3. The lowest BCUT2D eigenvalue weighted by atomic mass is 10.2. The Labute approximate surface area is 126 Å². The van der Waals surface area contributed by atoms with E-state index in [-0.39, 0.29) is 28.7 Å². The van der Waals surface area contributed by atoms with Crippen LogP contribution >= 0.6 is 24.0 Å². The number of morpholine rings is 1. The molecule has 1 heterocycles. The molecule has 1 aromatic rings. The van der Waals surface area contributed by atoms with Gasteiger partial charge in [0.1, 0.15) is 18.0 Å². The lowest BCUT2D eigenvalue weighted by molar-refractivity contribution is -0.128. The molecule has 8 heteroatoms. The van der Waals surface area contributed by atoms with E-state index in [2.05, 4.69) is 10.6 Å². The summed E-state index contributed by atoms with van der Waals surface area (Å²) in [5.41, 5.74) is -0.0454. The van der Waals surface area contributed by atoms with Gasteiger partial charge in [0, 0.05) is 13.1 Å². The first kappa shape index (κ1) is 16.7. The number of nitrogens with zero attached hydrogens (tertiary/aromatic N) is 1. The largest absolute Gasteiger partial charge is 0.366 e. The van der Waals surface area contributed by atoms with Crippen molar-refractivity contribution in [3.8, 4) is 6.07 Å². The number of halogens is 3. The zero-order chi connectivity index (χ0) is 13.8. The Morgan fingerprint density at radius 1 is 1.60 bits per heavy atom. The van der Waals surface area contributed by atoms with E-state index in [0.717, 1.165) is 6.07 Å². The van der Waals surface area contributed by atoms with Gasteiger partial charge in [-0.25, -0.2) is 4.39 Å². The molecule has 0 aromatic heterocycles. The summed E-state index contributed by atoms with van der Waals surface area (Å²) in [4.78, 5) is 11.8. The molecule has 1 aliphatic heterocycles. The Kier molecular flexibility index (Phi) is 6.17. The maximum atomic E-state index is 13.7. The van der Waals surface area contributed by atoms with Gasteiger partial charge in [-0.1, -0.05) is 11.6 Å². The quantitative estimate of drug-likeness (QED) is 0.870. The molecule has 1 amide bonds. The van der Waals surface area contributed by atoms with Crippen LogP contribution in [0.2, 0.25) is 5.02 Å². The lowest BCUT2D eigenvalue weighted by Gasteiger charge is -2.22. The first-order valence-electron chi connectivity index (χ1n) is 5.64. The van der Waals surface area contributed by atoms with E-state index in [0.29, 0.717) is 19.7 Å². The molecule has 1 fully saturated rings. The molecule has 0 spiro atoms. The van der Waals surface area contributed by atoms with Crippen LogP contribution in [0.25, 0.3) is 0 Å². The predicted octanol–water partition coefficient (Wildman–Crippen LogP) is 1.70. The molecule has 0 radical (unpaired) electrons. The highest BCUT2D eigenvalue weighted by molar-refractivity contribution is 6.32. The van der Waals surface area contributed by atoms with Gasteiger partial charge in [0.25, 0.3) is 5.91 Å². The van der Waals surface area contributed by atoms with Crippen molar-refractivity contribution >= 4 is 35.6 Å². The first-order valence-corrected chi connectivity index (χ1v) is 6.02. The van der Waals surface area contributed by atoms with Crippen LogP contribution in [0.3, 0.4) is 0 Å². The molecule has 2 rings (SSSR count). The van der Waals surface area contributed by atoms with E-state index in [1.165, 1.54) is 6.07 Å². The van der Waals surface area contributed by atoms with Crippen molar-refractivity contribution in [3.05, 3.63) is 28.5 Å². The Morgan fingerprint density at radius 3 is 2.95 bits per heavy atom. The van der Waals surface area contributed by atoms with Crippen LogP contribution in [0, 0.1) is 17.1 Å². The van der Waals surface area contributed by atoms with Crippen molar-refractivity contribution in [2.24, 2.45) is 0 Å². The monoisotopic (exact) mass is 319 g/mol. The van der Waals surface area contributed by atoms with Gasteiger partial charge in [0.15, 0.2) is 0 Å². The summed E-state index contributed by atoms with van der Waals surface area (Å²) >= 11 is 5.79. The van der Waals surface area contributed by atoms with Crippen LogP contribution in [0.4, 0.5) is 10.1 Å². The normalized spacial score (nSPS) is 17.8. The van der Waals surface area contributed by atoms with Crippen LogP contribution in [0.15, 0.2) is 12.1 Å². The maximum absolute atomic E-state index is 13.7. The Bertz CT molecular complexity index is 542.